The Morgan fingerprint density at radius 2 is 1.81 bits per heavy atom. The van der Waals surface area contributed by atoms with Gasteiger partial charge in [-0.1, -0.05) is 11.6 Å². The minimum Gasteiger partial charge on any atom is -0.471 e. The van der Waals surface area contributed by atoms with Crippen molar-refractivity contribution >= 4 is 29.1 Å². The molecule has 0 spiro atoms. The highest BCUT2D eigenvalue weighted by molar-refractivity contribution is 6.30. The number of anilines is 3. The van der Waals surface area contributed by atoms with Gasteiger partial charge in [0.25, 0.3) is 5.88 Å². The van der Waals surface area contributed by atoms with E-state index in [1.54, 1.807) is 12.4 Å². The highest BCUT2D eigenvalue weighted by Gasteiger charge is 2.49. The summed E-state index contributed by atoms with van der Waals surface area (Å²) in [5.74, 6) is -1.72. The van der Waals surface area contributed by atoms with Crippen LogP contribution < -0.4 is 15.0 Å². The summed E-state index contributed by atoms with van der Waals surface area (Å²) in [7, 11) is 0. The van der Waals surface area contributed by atoms with Gasteiger partial charge in [0.05, 0.1) is 46.9 Å². The first kappa shape index (κ1) is 24.1. The number of rotatable bonds is 5. The molecular formula is C24H22ClF2N7O2. The fourth-order valence-electron chi connectivity index (χ4n) is 4.75. The fraction of sp³-hybridized carbons (Fsp3) is 0.375. The lowest BCUT2D eigenvalue weighted by Gasteiger charge is -2.51. The normalized spacial score (nSPS) is 25.2. The molecule has 2 saturated heterocycles. The molecule has 2 fully saturated rings. The molecule has 4 heterocycles. The monoisotopic (exact) mass is 513 g/mol. The molecule has 2 bridgehead atoms. The SMILES string of the molecule is CC1OC(C)C2CN(c3ncc(Cl)cn3)CC1C2Oc1ncnc(Nc2ccc(C#N)cc2F)c1F. The van der Waals surface area contributed by atoms with Gasteiger partial charge >= 0.3 is 0 Å². The molecule has 0 saturated carbocycles. The van der Waals surface area contributed by atoms with Crippen LogP contribution in [0.4, 0.5) is 26.2 Å². The van der Waals surface area contributed by atoms with E-state index in [1.807, 2.05) is 19.9 Å². The van der Waals surface area contributed by atoms with Crippen molar-refractivity contribution in [1.82, 2.24) is 19.9 Å². The third-order valence-corrected chi connectivity index (χ3v) is 6.78. The molecule has 0 radical (unpaired) electrons. The molecule has 4 atom stereocenters. The number of aromatic nitrogens is 4. The van der Waals surface area contributed by atoms with E-state index in [0.29, 0.717) is 24.1 Å². The fourth-order valence-corrected chi connectivity index (χ4v) is 4.85. The topological polar surface area (TPSA) is 109 Å². The number of hydrogen-bond acceptors (Lipinski definition) is 9. The Kier molecular flexibility index (Phi) is 6.55. The molecule has 5 rings (SSSR count). The molecule has 186 valence electrons. The molecule has 2 aliphatic rings. The van der Waals surface area contributed by atoms with Crippen LogP contribution in [0, 0.1) is 34.8 Å². The smallest absolute Gasteiger partial charge is 0.256 e. The first-order valence-corrected chi connectivity index (χ1v) is 11.7. The van der Waals surface area contributed by atoms with Gasteiger partial charge in [0, 0.05) is 24.9 Å². The van der Waals surface area contributed by atoms with Gasteiger partial charge in [-0.05, 0) is 32.0 Å². The molecule has 1 aromatic carbocycles. The van der Waals surface area contributed by atoms with Gasteiger partial charge in [-0.2, -0.15) is 14.6 Å². The first-order valence-electron chi connectivity index (χ1n) is 11.4. The molecule has 2 aliphatic heterocycles. The summed E-state index contributed by atoms with van der Waals surface area (Å²) in [6.45, 7) is 4.98. The van der Waals surface area contributed by atoms with Crippen molar-refractivity contribution in [3.63, 3.8) is 0 Å². The van der Waals surface area contributed by atoms with Crippen LogP contribution in [0.3, 0.4) is 0 Å². The van der Waals surface area contributed by atoms with E-state index in [9.17, 15) is 4.39 Å². The Balaban J connectivity index is 1.39. The molecular weight excluding hydrogens is 492 g/mol. The second kappa shape index (κ2) is 9.79. The zero-order valence-corrected chi connectivity index (χ0v) is 20.2. The van der Waals surface area contributed by atoms with Crippen LogP contribution in [-0.2, 0) is 4.74 Å². The molecule has 36 heavy (non-hydrogen) atoms. The summed E-state index contributed by atoms with van der Waals surface area (Å²) in [6.07, 6.45) is 3.51. The van der Waals surface area contributed by atoms with Gasteiger partial charge in [0.2, 0.25) is 11.8 Å². The van der Waals surface area contributed by atoms with E-state index in [2.05, 4.69) is 30.2 Å². The van der Waals surface area contributed by atoms with Crippen molar-refractivity contribution in [3.8, 4) is 11.9 Å². The molecule has 1 N–H and O–H groups in total. The van der Waals surface area contributed by atoms with Crippen molar-refractivity contribution in [2.75, 3.05) is 23.3 Å². The maximum Gasteiger partial charge on any atom is 0.256 e. The van der Waals surface area contributed by atoms with Gasteiger partial charge in [-0.25, -0.2) is 19.3 Å². The van der Waals surface area contributed by atoms with Gasteiger partial charge in [-0.3, -0.25) is 0 Å². The van der Waals surface area contributed by atoms with Crippen LogP contribution in [0.2, 0.25) is 5.02 Å². The summed E-state index contributed by atoms with van der Waals surface area (Å²) in [5, 5.41) is 12.0. The molecule has 4 unspecified atom stereocenters. The third-order valence-electron chi connectivity index (χ3n) is 6.59. The Morgan fingerprint density at radius 3 is 2.44 bits per heavy atom. The predicted octanol–water partition coefficient (Wildman–Crippen LogP) is 4.12. The highest BCUT2D eigenvalue weighted by Crippen LogP contribution is 2.39. The van der Waals surface area contributed by atoms with E-state index < -0.39 is 17.7 Å². The summed E-state index contributed by atoms with van der Waals surface area (Å²) in [4.78, 5) is 18.6. The van der Waals surface area contributed by atoms with Gasteiger partial charge in [0.1, 0.15) is 18.2 Å². The van der Waals surface area contributed by atoms with Crippen LogP contribution in [0.25, 0.3) is 0 Å². The van der Waals surface area contributed by atoms with E-state index >= 15 is 4.39 Å². The van der Waals surface area contributed by atoms with E-state index in [0.717, 1.165) is 12.4 Å². The largest absolute Gasteiger partial charge is 0.471 e. The maximum atomic E-state index is 15.4. The lowest BCUT2D eigenvalue weighted by atomic mass is 9.77. The number of nitrogens with one attached hydrogen (secondary N) is 1. The summed E-state index contributed by atoms with van der Waals surface area (Å²) >= 11 is 5.94. The van der Waals surface area contributed by atoms with Crippen LogP contribution in [0.1, 0.15) is 19.4 Å². The summed E-state index contributed by atoms with van der Waals surface area (Å²) in [5.41, 5.74) is 0.124. The third kappa shape index (κ3) is 4.62. The Labute approximate surface area is 211 Å². The second-order valence-electron chi connectivity index (χ2n) is 8.84. The van der Waals surface area contributed by atoms with E-state index in [1.165, 1.54) is 12.1 Å². The average Bonchev–Trinajstić information content (AvgIpc) is 2.86. The molecule has 9 nitrogen and oxygen atoms in total. The number of nitriles is 1. The molecule has 2 aromatic heterocycles. The van der Waals surface area contributed by atoms with Gasteiger partial charge in [0.15, 0.2) is 5.82 Å². The highest BCUT2D eigenvalue weighted by atomic mass is 35.5. The van der Waals surface area contributed by atoms with Gasteiger partial charge < -0.3 is 19.7 Å². The molecule has 3 aromatic rings. The Morgan fingerprint density at radius 1 is 1.11 bits per heavy atom. The minimum atomic E-state index is -0.843. The quantitative estimate of drug-likeness (QED) is 0.538. The summed E-state index contributed by atoms with van der Waals surface area (Å²) in [6, 6.07) is 5.67. The van der Waals surface area contributed by atoms with Crippen LogP contribution in [0.15, 0.2) is 36.9 Å². The van der Waals surface area contributed by atoms with Crippen LogP contribution >= 0.6 is 11.6 Å². The number of piperidine rings is 1. The van der Waals surface area contributed by atoms with Crippen LogP contribution in [-0.4, -0.2) is 51.3 Å². The number of benzene rings is 1. The minimum absolute atomic E-state index is 0.0265. The van der Waals surface area contributed by atoms with E-state index in [4.69, 9.17) is 26.3 Å². The van der Waals surface area contributed by atoms with Crippen molar-refractivity contribution in [1.29, 1.82) is 5.26 Å². The zero-order chi connectivity index (χ0) is 25.4. The van der Waals surface area contributed by atoms with Crippen LogP contribution in [0.5, 0.6) is 5.88 Å². The first-order chi connectivity index (χ1) is 17.3. The number of ether oxygens (including phenoxy) is 2. The predicted molar refractivity (Wildman–Crippen MR) is 127 cm³/mol. The van der Waals surface area contributed by atoms with Gasteiger partial charge in [-0.15, -0.1) is 0 Å². The number of nitrogens with zero attached hydrogens (tertiary/aromatic N) is 6. The molecule has 0 aliphatic carbocycles. The van der Waals surface area contributed by atoms with Crippen molar-refractivity contribution in [2.24, 2.45) is 11.8 Å². The number of halogens is 3. The number of hydrogen-bond donors (Lipinski definition) is 1. The Hall–Kier alpha value is -3.62. The van der Waals surface area contributed by atoms with E-state index in [-0.39, 0.29) is 47.0 Å². The maximum absolute atomic E-state index is 15.4. The molecule has 12 heteroatoms. The molecule has 0 amide bonds. The van der Waals surface area contributed by atoms with Crippen molar-refractivity contribution in [3.05, 3.63) is 59.1 Å². The average molecular weight is 514 g/mol. The summed E-state index contributed by atoms with van der Waals surface area (Å²) < 4.78 is 42.0. The van der Waals surface area contributed by atoms with Crippen molar-refractivity contribution < 1.29 is 18.3 Å². The Bertz CT molecular complexity index is 1290. The lowest BCUT2D eigenvalue weighted by molar-refractivity contribution is -0.158. The van der Waals surface area contributed by atoms with Crippen molar-refractivity contribution in [2.45, 2.75) is 32.2 Å². The second-order valence-corrected chi connectivity index (χ2v) is 9.27. The standard InChI is InChI=1S/C24H22ClF2N7O2/c1-12-16-9-34(24-29-7-15(25)8-30-24)10-17(13(2)35-12)21(16)36-23-20(27)22(31-11-32-23)33-19-4-3-14(6-28)5-18(19)26/h3-5,7-8,11-13,16-17,21H,9-10H2,1-2H3,(H,31,32,33). The zero-order valence-electron chi connectivity index (χ0n) is 19.4. The number of fused-ring (bicyclic) bond motifs is 2. The lowest BCUT2D eigenvalue weighted by Crippen LogP contribution is -2.63.